The number of rotatable bonds is 5. The maximum absolute atomic E-state index is 12.6. The predicted octanol–water partition coefficient (Wildman–Crippen LogP) is 3.74. The number of benzene rings is 2. The van der Waals surface area contributed by atoms with Gasteiger partial charge in [0.05, 0.1) is 0 Å². The Morgan fingerprint density at radius 3 is 2.42 bits per heavy atom. The van der Waals surface area contributed by atoms with Gasteiger partial charge in [0.2, 0.25) is 0 Å². The van der Waals surface area contributed by atoms with Crippen LogP contribution in [0, 0.1) is 5.92 Å². The van der Waals surface area contributed by atoms with E-state index < -0.39 is 0 Å². The summed E-state index contributed by atoms with van der Waals surface area (Å²) in [7, 11) is 1.73. The Morgan fingerprint density at radius 2 is 1.75 bits per heavy atom. The second-order valence-corrected chi connectivity index (χ2v) is 6.01. The first kappa shape index (κ1) is 17.5. The van der Waals surface area contributed by atoms with E-state index in [1.165, 1.54) is 0 Å². The van der Waals surface area contributed by atoms with Crippen molar-refractivity contribution < 1.29 is 9.59 Å². The molecule has 0 aliphatic rings. The van der Waals surface area contributed by atoms with E-state index in [4.69, 9.17) is 0 Å². The van der Waals surface area contributed by atoms with Crippen molar-refractivity contribution in [2.75, 3.05) is 23.8 Å². The Hall–Kier alpha value is -2.82. The van der Waals surface area contributed by atoms with E-state index in [1.54, 1.807) is 36.2 Å². The summed E-state index contributed by atoms with van der Waals surface area (Å²) in [5, 5.41) is 5.53. The van der Waals surface area contributed by atoms with E-state index in [-0.39, 0.29) is 11.9 Å². The summed E-state index contributed by atoms with van der Waals surface area (Å²) in [6.07, 6.45) is 0. The maximum atomic E-state index is 12.6. The highest BCUT2D eigenvalue weighted by atomic mass is 16.2. The number of hydrogen-bond donors (Lipinski definition) is 2. The van der Waals surface area contributed by atoms with Crippen LogP contribution >= 0.6 is 0 Å². The number of hydrogen-bond acceptors (Lipinski definition) is 2. The van der Waals surface area contributed by atoms with E-state index in [0.717, 1.165) is 5.69 Å². The molecule has 0 aliphatic heterocycles. The standard InChI is InChI=1S/C19H23N3O2/c1-14(2)13-20-19(24)21-16-9-7-8-15(12-16)18(23)22(3)17-10-5-4-6-11-17/h4-12,14H,13H2,1-3H3,(H2,20,21,24). The van der Waals surface area contributed by atoms with Gasteiger partial charge in [0.25, 0.3) is 5.91 Å². The second-order valence-electron chi connectivity index (χ2n) is 6.01. The van der Waals surface area contributed by atoms with Crippen LogP contribution in [-0.4, -0.2) is 25.5 Å². The van der Waals surface area contributed by atoms with Gasteiger partial charge in [-0.3, -0.25) is 4.79 Å². The van der Waals surface area contributed by atoms with Crippen molar-refractivity contribution in [3.63, 3.8) is 0 Å². The fourth-order valence-electron chi connectivity index (χ4n) is 2.16. The molecular formula is C19H23N3O2. The van der Waals surface area contributed by atoms with Crippen LogP contribution in [0.25, 0.3) is 0 Å². The van der Waals surface area contributed by atoms with Gasteiger partial charge in [-0.2, -0.15) is 0 Å². The Labute approximate surface area is 142 Å². The highest BCUT2D eigenvalue weighted by molar-refractivity contribution is 6.06. The van der Waals surface area contributed by atoms with Crippen LogP contribution in [0.2, 0.25) is 0 Å². The molecule has 2 rings (SSSR count). The van der Waals surface area contributed by atoms with Gasteiger partial charge in [0.1, 0.15) is 0 Å². The second kappa shape index (κ2) is 8.15. The van der Waals surface area contributed by atoms with E-state index in [0.29, 0.717) is 23.7 Å². The minimum atomic E-state index is -0.273. The van der Waals surface area contributed by atoms with Crippen LogP contribution in [0.3, 0.4) is 0 Å². The number of urea groups is 1. The maximum Gasteiger partial charge on any atom is 0.319 e. The zero-order valence-corrected chi connectivity index (χ0v) is 14.2. The fourth-order valence-corrected chi connectivity index (χ4v) is 2.16. The molecule has 2 aromatic rings. The molecule has 5 heteroatoms. The fraction of sp³-hybridized carbons (Fsp3) is 0.263. The average Bonchev–Trinajstić information content (AvgIpc) is 2.59. The molecule has 0 spiro atoms. The summed E-state index contributed by atoms with van der Waals surface area (Å²) in [4.78, 5) is 26.0. The van der Waals surface area contributed by atoms with E-state index >= 15 is 0 Å². The van der Waals surface area contributed by atoms with Gasteiger partial charge in [0, 0.05) is 30.5 Å². The van der Waals surface area contributed by atoms with Crippen LogP contribution in [-0.2, 0) is 0 Å². The molecule has 0 bridgehead atoms. The van der Waals surface area contributed by atoms with Crippen molar-refractivity contribution in [2.24, 2.45) is 5.92 Å². The van der Waals surface area contributed by atoms with Crippen molar-refractivity contribution in [1.82, 2.24) is 5.32 Å². The third kappa shape index (κ3) is 4.84. The first-order valence-corrected chi connectivity index (χ1v) is 7.95. The number of carbonyl (C=O) groups is 2. The highest BCUT2D eigenvalue weighted by Gasteiger charge is 2.14. The summed E-state index contributed by atoms with van der Waals surface area (Å²) < 4.78 is 0. The largest absolute Gasteiger partial charge is 0.338 e. The molecule has 3 amide bonds. The molecule has 2 aromatic carbocycles. The van der Waals surface area contributed by atoms with Gasteiger partial charge in [0.15, 0.2) is 0 Å². The third-order valence-electron chi connectivity index (χ3n) is 3.49. The molecule has 2 N–H and O–H groups in total. The summed E-state index contributed by atoms with van der Waals surface area (Å²) in [6, 6.07) is 16.1. The third-order valence-corrected chi connectivity index (χ3v) is 3.49. The molecular weight excluding hydrogens is 302 g/mol. The van der Waals surface area contributed by atoms with Crippen molar-refractivity contribution in [2.45, 2.75) is 13.8 Å². The molecule has 0 aliphatic carbocycles. The highest BCUT2D eigenvalue weighted by Crippen LogP contribution is 2.17. The normalized spacial score (nSPS) is 10.3. The SMILES string of the molecule is CC(C)CNC(=O)Nc1cccc(C(=O)N(C)c2ccccc2)c1. The molecule has 0 aromatic heterocycles. The minimum Gasteiger partial charge on any atom is -0.338 e. The number of carbonyl (C=O) groups excluding carboxylic acids is 2. The zero-order valence-electron chi connectivity index (χ0n) is 14.2. The van der Waals surface area contributed by atoms with E-state index in [1.807, 2.05) is 44.2 Å². The lowest BCUT2D eigenvalue weighted by molar-refractivity contribution is 0.0993. The van der Waals surface area contributed by atoms with Crippen LogP contribution in [0.4, 0.5) is 16.2 Å². The lowest BCUT2D eigenvalue weighted by Gasteiger charge is -2.18. The predicted molar refractivity (Wildman–Crippen MR) is 97.5 cm³/mol. The van der Waals surface area contributed by atoms with Crippen molar-refractivity contribution in [3.8, 4) is 0 Å². The Balaban J connectivity index is 2.06. The van der Waals surface area contributed by atoms with Gasteiger partial charge in [-0.25, -0.2) is 4.79 Å². The zero-order chi connectivity index (χ0) is 17.5. The lowest BCUT2D eigenvalue weighted by Crippen LogP contribution is -2.31. The van der Waals surface area contributed by atoms with Gasteiger partial charge < -0.3 is 15.5 Å². The van der Waals surface area contributed by atoms with Gasteiger partial charge in [-0.1, -0.05) is 38.1 Å². The average molecular weight is 325 g/mol. The molecule has 0 heterocycles. The lowest BCUT2D eigenvalue weighted by atomic mass is 10.1. The quantitative estimate of drug-likeness (QED) is 0.879. The number of amides is 3. The van der Waals surface area contributed by atoms with E-state index in [9.17, 15) is 9.59 Å². The molecule has 0 saturated heterocycles. The van der Waals surface area contributed by atoms with Gasteiger partial charge >= 0.3 is 6.03 Å². The molecule has 5 nitrogen and oxygen atoms in total. The van der Waals surface area contributed by atoms with Crippen LogP contribution < -0.4 is 15.5 Å². The number of nitrogens with one attached hydrogen (secondary N) is 2. The Kier molecular flexibility index (Phi) is 5.95. The number of para-hydroxylation sites is 1. The van der Waals surface area contributed by atoms with Gasteiger partial charge in [-0.15, -0.1) is 0 Å². The van der Waals surface area contributed by atoms with E-state index in [2.05, 4.69) is 10.6 Å². The first-order valence-electron chi connectivity index (χ1n) is 7.95. The van der Waals surface area contributed by atoms with Crippen LogP contribution in [0.1, 0.15) is 24.2 Å². The molecule has 0 saturated carbocycles. The summed E-state index contributed by atoms with van der Waals surface area (Å²) >= 11 is 0. The first-order chi connectivity index (χ1) is 11.5. The van der Waals surface area contributed by atoms with Crippen LogP contribution in [0.5, 0.6) is 0 Å². The summed E-state index contributed by atoms with van der Waals surface area (Å²) in [6.45, 7) is 4.65. The Bertz CT molecular complexity index is 699. The van der Waals surface area contributed by atoms with Gasteiger partial charge in [-0.05, 0) is 36.2 Å². The van der Waals surface area contributed by atoms with Crippen molar-refractivity contribution in [3.05, 3.63) is 60.2 Å². The van der Waals surface area contributed by atoms with Crippen molar-refractivity contribution in [1.29, 1.82) is 0 Å². The smallest absolute Gasteiger partial charge is 0.319 e. The summed E-state index contributed by atoms with van der Waals surface area (Å²) in [5.74, 6) is 0.246. The molecule has 24 heavy (non-hydrogen) atoms. The minimum absolute atomic E-state index is 0.132. The molecule has 0 fully saturated rings. The molecule has 0 unspecified atom stereocenters. The Morgan fingerprint density at radius 1 is 1.04 bits per heavy atom. The molecule has 126 valence electrons. The summed E-state index contributed by atoms with van der Waals surface area (Å²) in [5.41, 5.74) is 1.92. The number of nitrogens with zero attached hydrogens (tertiary/aromatic N) is 1. The van der Waals surface area contributed by atoms with Crippen LogP contribution in [0.15, 0.2) is 54.6 Å². The molecule has 0 radical (unpaired) electrons. The topological polar surface area (TPSA) is 61.4 Å². The van der Waals surface area contributed by atoms with Crippen molar-refractivity contribution >= 4 is 23.3 Å². The monoisotopic (exact) mass is 325 g/mol. The number of anilines is 2. The molecule has 0 atom stereocenters.